The smallest absolute Gasteiger partial charge is 0.249 e. The maximum Gasteiger partial charge on any atom is 0.249 e. The van der Waals surface area contributed by atoms with Crippen LogP contribution in [0, 0.1) is 0 Å². The van der Waals surface area contributed by atoms with Gasteiger partial charge in [-0.1, -0.05) is 19.1 Å². The molecule has 0 aromatic heterocycles. The molecule has 0 spiro atoms. The summed E-state index contributed by atoms with van der Waals surface area (Å²) in [5.41, 5.74) is 2.15. The predicted molar refractivity (Wildman–Crippen MR) is 70.4 cm³/mol. The molecule has 2 amide bonds. The summed E-state index contributed by atoms with van der Waals surface area (Å²) < 4.78 is 0. The topological polar surface area (TPSA) is 49.4 Å². The van der Waals surface area contributed by atoms with E-state index in [9.17, 15) is 9.59 Å². The van der Waals surface area contributed by atoms with Crippen molar-refractivity contribution >= 4 is 17.5 Å². The third-order valence-corrected chi connectivity index (χ3v) is 3.48. The van der Waals surface area contributed by atoms with Crippen molar-refractivity contribution in [3.8, 4) is 0 Å². The number of nitrogens with one attached hydrogen (secondary N) is 1. The Bertz CT molecular complexity index is 447. The minimum Gasteiger partial charge on any atom is -0.348 e. The molecule has 0 bridgehead atoms. The molecule has 1 aliphatic heterocycles. The van der Waals surface area contributed by atoms with E-state index < -0.39 is 0 Å². The zero-order chi connectivity index (χ0) is 13.3. The van der Waals surface area contributed by atoms with E-state index in [1.54, 1.807) is 0 Å². The van der Waals surface area contributed by atoms with Crippen LogP contribution < -0.4 is 10.2 Å². The highest BCUT2D eigenvalue weighted by atomic mass is 16.2. The van der Waals surface area contributed by atoms with Gasteiger partial charge in [-0.05, 0) is 38.0 Å². The summed E-state index contributed by atoms with van der Waals surface area (Å²) in [6.07, 6.45) is 0.977. The highest BCUT2D eigenvalue weighted by Crippen LogP contribution is 2.23. The molecule has 4 nitrogen and oxygen atoms in total. The first-order valence-corrected chi connectivity index (χ1v) is 6.26. The summed E-state index contributed by atoms with van der Waals surface area (Å²) in [7, 11) is 0. The van der Waals surface area contributed by atoms with Gasteiger partial charge in [0.25, 0.3) is 0 Å². The number of rotatable bonds is 2. The number of aryl methyl sites for hydroxylation is 1. The number of hydrogen-bond donors (Lipinski definition) is 1. The van der Waals surface area contributed by atoms with E-state index >= 15 is 0 Å². The number of anilines is 1. The molecule has 96 valence electrons. The van der Waals surface area contributed by atoms with Gasteiger partial charge < -0.3 is 4.90 Å². The van der Waals surface area contributed by atoms with Gasteiger partial charge in [0.1, 0.15) is 12.1 Å². The van der Waals surface area contributed by atoms with Crippen LogP contribution in [-0.2, 0) is 16.0 Å². The van der Waals surface area contributed by atoms with Crippen LogP contribution in [0.15, 0.2) is 24.3 Å². The molecule has 1 N–H and O–H groups in total. The van der Waals surface area contributed by atoms with Crippen LogP contribution in [0.2, 0.25) is 0 Å². The summed E-state index contributed by atoms with van der Waals surface area (Å²) in [5.74, 6) is -0.477. The first-order chi connectivity index (χ1) is 8.54. The molecular formula is C14H18N2O2. The molecule has 1 aromatic carbocycles. The molecule has 18 heavy (non-hydrogen) atoms. The number of carbonyl (C=O) groups excluding carboxylic acids is 2. The molecule has 0 aliphatic carbocycles. The Hall–Kier alpha value is -1.84. The molecule has 2 atom stereocenters. The van der Waals surface area contributed by atoms with Gasteiger partial charge in [0.15, 0.2) is 0 Å². The van der Waals surface area contributed by atoms with Crippen LogP contribution in [0.25, 0.3) is 0 Å². The number of amides is 2. The van der Waals surface area contributed by atoms with Crippen LogP contribution >= 0.6 is 0 Å². The van der Waals surface area contributed by atoms with Gasteiger partial charge in [0, 0.05) is 5.69 Å². The van der Waals surface area contributed by atoms with Crippen molar-refractivity contribution in [3.05, 3.63) is 29.8 Å². The van der Waals surface area contributed by atoms with Gasteiger partial charge in [-0.3, -0.25) is 14.9 Å². The van der Waals surface area contributed by atoms with Gasteiger partial charge >= 0.3 is 0 Å². The summed E-state index contributed by atoms with van der Waals surface area (Å²) in [6, 6.07) is 7.35. The fourth-order valence-corrected chi connectivity index (χ4v) is 2.27. The van der Waals surface area contributed by atoms with Gasteiger partial charge in [0.05, 0.1) is 0 Å². The molecule has 4 heteroatoms. The lowest BCUT2D eigenvalue weighted by Crippen LogP contribution is -2.61. The average Bonchev–Trinajstić information content (AvgIpc) is 2.37. The fraction of sp³-hybridized carbons (Fsp3) is 0.429. The zero-order valence-electron chi connectivity index (χ0n) is 10.9. The first kappa shape index (κ1) is 12.6. The van der Waals surface area contributed by atoms with Crippen molar-refractivity contribution in [2.45, 2.75) is 39.3 Å². The molecular weight excluding hydrogens is 228 g/mol. The van der Waals surface area contributed by atoms with Gasteiger partial charge in [-0.2, -0.15) is 0 Å². The number of benzene rings is 1. The molecule has 1 fully saturated rings. The van der Waals surface area contributed by atoms with Crippen LogP contribution in [0.3, 0.4) is 0 Å². The number of piperazine rings is 1. The number of nitrogens with zero attached hydrogens (tertiary/aromatic N) is 1. The number of hydrogen-bond acceptors (Lipinski definition) is 3. The van der Waals surface area contributed by atoms with E-state index in [0.717, 1.165) is 12.1 Å². The van der Waals surface area contributed by atoms with Crippen molar-refractivity contribution < 1.29 is 9.59 Å². The van der Waals surface area contributed by atoms with Crippen LogP contribution in [0.4, 0.5) is 5.69 Å². The summed E-state index contributed by atoms with van der Waals surface area (Å²) in [5, 5.41) is 2.38. The van der Waals surface area contributed by atoms with Crippen LogP contribution in [0.5, 0.6) is 0 Å². The highest BCUT2D eigenvalue weighted by molar-refractivity contribution is 6.06. The average molecular weight is 246 g/mol. The molecule has 1 aromatic rings. The van der Waals surface area contributed by atoms with E-state index in [1.165, 1.54) is 5.56 Å². The zero-order valence-corrected chi connectivity index (χ0v) is 10.9. The standard InChI is InChI=1S/C14H18N2O2/c1-4-11-5-7-12(8-6-11)16-9(2)13(17)15-14(18)10(16)3/h5-10H,4H2,1-3H3,(H,15,17,18). The Morgan fingerprint density at radius 3 is 2.00 bits per heavy atom. The van der Waals surface area contributed by atoms with Crippen molar-refractivity contribution in [1.29, 1.82) is 0 Å². The molecule has 1 aliphatic rings. The van der Waals surface area contributed by atoms with Gasteiger partial charge in [-0.15, -0.1) is 0 Å². The maximum atomic E-state index is 11.7. The first-order valence-electron chi connectivity index (χ1n) is 6.26. The Kier molecular flexibility index (Phi) is 3.36. The minimum absolute atomic E-state index is 0.238. The van der Waals surface area contributed by atoms with E-state index in [4.69, 9.17) is 0 Å². The second kappa shape index (κ2) is 4.80. The largest absolute Gasteiger partial charge is 0.348 e. The van der Waals surface area contributed by atoms with Crippen molar-refractivity contribution in [3.63, 3.8) is 0 Å². The van der Waals surface area contributed by atoms with Gasteiger partial charge in [0.2, 0.25) is 11.8 Å². The summed E-state index contributed by atoms with van der Waals surface area (Å²) >= 11 is 0. The van der Waals surface area contributed by atoms with Crippen LogP contribution in [0.1, 0.15) is 26.3 Å². The van der Waals surface area contributed by atoms with E-state index in [1.807, 2.05) is 43.0 Å². The second-order valence-corrected chi connectivity index (χ2v) is 4.63. The third kappa shape index (κ3) is 2.10. The quantitative estimate of drug-likeness (QED) is 0.804. The highest BCUT2D eigenvalue weighted by Gasteiger charge is 2.36. The molecule has 0 saturated carbocycles. The Labute approximate surface area is 107 Å². The van der Waals surface area contributed by atoms with E-state index in [2.05, 4.69) is 12.2 Å². The van der Waals surface area contributed by atoms with Crippen molar-refractivity contribution in [2.24, 2.45) is 0 Å². The minimum atomic E-state index is -0.329. The van der Waals surface area contributed by atoms with E-state index in [-0.39, 0.29) is 23.9 Å². The van der Waals surface area contributed by atoms with Crippen molar-refractivity contribution in [1.82, 2.24) is 5.32 Å². The molecule has 1 heterocycles. The second-order valence-electron chi connectivity index (χ2n) is 4.63. The Morgan fingerprint density at radius 2 is 1.56 bits per heavy atom. The maximum absolute atomic E-state index is 11.7. The lowest BCUT2D eigenvalue weighted by atomic mass is 10.1. The summed E-state index contributed by atoms with van der Waals surface area (Å²) in [4.78, 5) is 25.2. The summed E-state index contributed by atoms with van der Waals surface area (Å²) in [6.45, 7) is 5.72. The molecule has 0 radical (unpaired) electrons. The normalized spacial score (nSPS) is 24.1. The number of imide groups is 1. The Morgan fingerprint density at radius 1 is 1.06 bits per heavy atom. The Balaban J connectivity index is 2.33. The lowest BCUT2D eigenvalue weighted by molar-refractivity contribution is -0.134. The lowest BCUT2D eigenvalue weighted by Gasteiger charge is -2.38. The van der Waals surface area contributed by atoms with Gasteiger partial charge in [-0.25, -0.2) is 0 Å². The molecule has 2 unspecified atom stereocenters. The molecule has 2 rings (SSSR count). The van der Waals surface area contributed by atoms with Crippen LogP contribution in [-0.4, -0.2) is 23.9 Å². The number of carbonyl (C=O) groups is 2. The third-order valence-electron chi connectivity index (χ3n) is 3.48. The monoisotopic (exact) mass is 246 g/mol. The predicted octanol–water partition coefficient (Wildman–Crippen LogP) is 1.49. The van der Waals surface area contributed by atoms with Crippen molar-refractivity contribution in [2.75, 3.05) is 4.90 Å². The molecule has 1 saturated heterocycles. The van der Waals surface area contributed by atoms with E-state index in [0.29, 0.717) is 0 Å². The fourth-order valence-electron chi connectivity index (χ4n) is 2.27. The SMILES string of the molecule is CCc1ccc(N2C(C)C(=O)NC(=O)C2C)cc1.